The first-order valence-corrected chi connectivity index (χ1v) is 5.75. The van der Waals surface area contributed by atoms with E-state index in [2.05, 4.69) is 34.0 Å². The van der Waals surface area contributed by atoms with Crippen LogP contribution in [0, 0.1) is 5.92 Å². The van der Waals surface area contributed by atoms with Crippen LogP contribution in [0.25, 0.3) is 0 Å². The molecule has 1 heteroatoms. The van der Waals surface area contributed by atoms with Gasteiger partial charge < -0.3 is 0 Å². The zero-order valence-electron chi connectivity index (χ0n) is 8.61. The SMILES string of the molecule is CSC(C)(C)CCCC(C)C. The predicted molar refractivity (Wildman–Crippen MR) is 56.3 cm³/mol. The van der Waals surface area contributed by atoms with Crippen LogP contribution in [0.3, 0.4) is 0 Å². The van der Waals surface area contributed by atoms with E-state index in [1.54, 1.807) is 0 Å². The monoisotopic (exact) mass is 174 g/mol. The van der Waals surface area contributed by atoms with Crippen molar-refractivity contribution in [2.45, 2.75) is 51.7 Å². The third-order valence-electron chi connectivity index (χ3n) is 2.11. The van der Waals surface area contributed by atoms with Gasteiger partial charge in [-0.05, 0) is 18.6 Å². The van der Waals surface area contributed by atoms with Crippen molar-refractivity contribution >= 4 is 11.8 Å². The number of hydrogen-bond donors (Lipinski definition) is 0. The molecule has 0 aliphatic heterocycles. The molecule has 0 bridgehead atoms. The van der Waals surface area contributed by atoms with Crippen LogP contribution < -0.4 is 0 Å². The van der Waals surface area contributed by atoms with E-state index in [1.807, 2.05) is 11.8 Å². The molecule has 0 aromatic heterocycles. The van der Waals surface area contributed by atoms with Crippen LogP contribution in [-0.2, 0) is 0 Å². The first kappa shape index (κ1) is 11.4. The Hall–Kier alpha value is 0.350. The maximum absolute atomic E-state index is 2.33. The minimum absolute atomic E-state index is 0.495. The van der Waals surface area contributed by atoms with E-state index in [0.29, 0.717) is 4.75 Å². The minimum atomic E-state index is 0.495. The summed E-state index contributed by atoms with van der Waals surface area (Å²) in [5, 5.41) is 0. The molecule has 0 aliphatic carbocycles. The van der Waals surface area contributed by atoms with Crippen LogP contribution in [0.1, 0.15) is 47.0 Å². The molecule has 68 valence electrons. The molecule has 0 saturated carbocycles. The summed E-state index contributed by atoms with van der Waals surface area (Å²) < 4.78 is 0.495. The summed E-state index contributed by atoms with van der Waals surface area (Å²) in [6, 6.07) is 0. The molecule has 0 aliphatic rings. The van der Waals surface area contributed by atoms with Gasteiger partial charge in [0.05, 0.1) is 0 Å². The second kappa shape index (κ2) is 5.08. The molecular formula is C10H22S. The van der Waals surface area contributed by atoms with Crippen LogP contribution in [0.4, 0.5) is 0 Å². The molecule has 0 N–H and O–H groups in total. The van der Waals surface area contributed by atoms with Crippen molar-refractivity contribution in [3.63, 3.8) is 0 Å². The summed E-state index contributed by atoms with van der Waals surface area (Å²) in [7, 11) is 0. The number of hydrogen-bond acceptors (Lipinski definition) is 1. The molecule has 0 saturated heterocycles. The van der Waals surface area contributed by atoms with Crippen LogP contribution in [0.2, 0.25) is 0 Å². The third kappa shape index (κ3) is 6.74. The second-order valence-corrected chi connectivity index (χ2v) is 5.76. The van der Waals surface area contributed by atoms with E-state index in [9.17, 15) is 0 Å². The van der Waals surface area contributed by atoms with E-state index in [4.69, 9.17) is 0 Å². The molecule has 0 amide bonds. The van der Waals surface area contributed by atoms with Crippen molar-refractivity contribution in [2.24, 2.45) is 5.92 Å². The summed E-state index contributed by atoms with van der Waals surface area (Å²) in [5.41, 5.74) is 0. The summed E-state index contributed by atoms with van der Waals surface area (Å²) in [5.74, 6) is 0.868. The zero-order chi connectivity index (χ0) is 8.91. The van der Waals surface area contributed by atoms with E-state index in [-0.39, 0.29) is 0 Å². The third-order valence-corrected chi connectivity index (χ3v) is 3.42. The van der Waals surface area contributed by atoms with Gasteiger partial charge in [0.2, 0.25) is 0 Å². The van der Waals surface area contributed by atoms with E-state index in [1.165, 1.54) is 19.3 Å². The standard InChI is InChI=1S/C10H22S/c1-9(2)7-6-8-10(3,4)11-5/h9H,6-8H2,1-5H3. The van der Waals surface area contributed by atoms with Gasteiger partial charge in [-0.3, -0.25) is 0 Å². The number of thioether (sulfide) groups is 1. The van der Waals surface area contributed by atoms with Crippen molar-refractivity contribution in [1.82, 2.24) is 0 Å². The van der Waals surface area contributed by atoms with Crippen molar-refractivity contribution in [2.75, 3.05) is 6.26 Å². The van der Waals surface area contributed by atoms with Gasteiger partial charge in [-0.2, -0.15) is 11.8 Å². The molecule has 0 rings (SSSR count). The van der Waals surface area contributed by atoms with Crippen molar-refractivity contribution in [3.05, 3.63) is 0 Å². The zero-order valence-corrected chi connectivity index (χ0v) is 9.42. The fourth-order valence-corrected chi connectivity index (χ4v) is 1.39. The van der Waals surface area contributed by atoms with Crippen molar-refractivity contribution in [1.29, 1.82) is 0 Å². The lowest BCUT2D eigenvalue weighted by atomic mass is 10.0. The van der Waals surface area contributed by atoms with Gasteiger partial charge in [-0.1, -0.05) is 40.5 Å². The van der Waals surface area contributed by atoms with Gasteiger partial charge in [-0.25, -0.2) is 0 Å². The Labute approximate surface area is 76.1 Å². The summed E-state index contributed by atoms with van der Waals surface area (Å²) in [4.78, 5) is 0. The molecule has 0 unspecified atom stereocenters. The molecule has 0 nitrogen and oxygen atoms in total. The Bertz CT molecular complexity index is 95.0. The average Bonchev–Trinajstić information content (AvgIpc) is 1.87. The number of rotatable bonds is 5. The van der Waals surface area contributed by atoms with Gasteiger partial charge in [0.15, 0.2) is 0 Å². The molecule has 0 aromatic carbocycles. The van der Waals surface area contributed by atoms with Crippen molar-refractivity contribution in [3.8, 4) is 0 Å². The fourth-order valence-electron chi connectivity index (χ4n) is 1.04. The molecule has 0 atom stereocenters. The molecule has 0 fully saturated rings. The lowest BCUT2D eigenvalue weighted by Gasteiger charge is -2.21. The Kier molecular flexibility index (Phi) is 5.24. The van der Waals surface area contributed by atoms with Crippen LogP contribution in [0.5, 0.6) is 0 Å². The van der Waals surface area contributed by atoms with Crippen LogP contribution >= 0.6 is 11.8 Å². The lowest BCUT2D eigenvalue weighted by Crippen LogP contribution is -2.13. The summed E-state index contributed by atoms with van der Waals surface area (Å²) in [6.07, 6.45) is 6.32. The van der Waals surface area contributed by atoms with Crippen LogP contribution in [-0.4, -0.2) is 11.0 Å². The van der Waals surface area contributed by atoms with Crippen molar-refractivity contribution < 1.29 is 0 Å². The summed E-state index contributed by atoms with van der Waals surface area (Å²) in [6.45, 7) is 9.26. The smallest absolute Gasteiger partial charge is 0.0100 e. The summed E-state index contributed by atoms with van der Waals surface area (Å²) >= 11 is 1.98. The highest BCUT2D eigenvalue weighted by Crippen LogP contribution is 2.27. The predicted octanol–water partition coefficient (Wildman–Crippen LogP) is 3.95. The second-order valence-electron chi connectivity index (χ2n) is 4.25. The fraction of sp³-hybridized carbons (Fsp3) is 1.00. The first-order chi connectivity index (χ1) is 4.98. The molecule has 0 spiro atoms. The lowest BCUT2D eigenvalue weighted by molar-refractivity contribution is 0.502. The minimum Gasteiger partial charge on any atom is -0.159 e. The highest BCUT2D eigenvalue weighted by molar-refractivity contribution is 7.99. The topological polar surface area (TPSA) is 0 Å². The molecule has 11 heavy (non-hydrogen) atoms. The Morgan fingerprint density at radius 1 is 1.27 bits per heavy atom. The maximum atomic E-state index is 2.33. The molecule has 0 radical (unpaired) electrons. The van der Waals surface area contributed by atoms with E-state index >= 15 is 0 Å². The van der Waals surface area contributed by atoms with Gasteiger partial charge in [0, 0.05) is 4.75 Å². The van der Waals surface area contributed by atoms with E-state index < -0.39 is 0 Å². The van der Waals surface area contributed by atoms with Gasteiger partial charge in [0.1, 0.15) is 0 Å². The Morgan fingerprint density at radius 3 is 2.18 bits per heavy atom. The van der Waals surface area contributed by atoms with Gasteiger partial charge >= 0.3 is 0 Å². The highest BCUT2D eigenvalue weighted by Gasteiger charge is 2.14. The van der Waals surface area contributed by atoms with E-state index in [0.717, 1.165) is 5.92 Å². The molecule has 0 aromatic rings. The largest absolute Gasteiger partial charge is 0.159 e. The maximum Gasteiger partial charge on any atom is 0.0100 e. The Balaban J connectivity index is 3.38. The Morgan fingerprint density at radius 2 is 1.82 bits per heavy atom. The van der Waals surface area contributed by atoms with Crippen LogP contribution in [0.15, 0.2) is 0 Å². The normalized spacial score (nSPS) is 12.5. The van der Waals surface area contributed by atoms with Gasteiger partial charge in [0.25, 0.3) is 0 Å². The molecular weight excluding hydrogens is 152 g/mol. The average molecular weight is 174 g/mol. The highest BCUT2D eigenvalue weighted by atomic mass is 32.2. The molecule has 0 heterocycles. The first-order valence-electron chi connectivity index (χ1n) is 4.53. The van der Waals surface area contributed by atoms with Gasteiger partial charge in [-0.15, -0.1) is 0 Å². The quantitative estimate of drug-likeness (QED) is 0.608.